The highest BCUT2D eigenvalue weighted by Crippen LogP contribution is 2.40. The number of alkyl carbamates (subject to hydrolysis) is 1. The molecular formula is C31H35FN4O3. The van der Waals surface area contributed by atoms with E-state index in [0.717, 1.165) is 47.2 Å². The molecule has 204 valence electrons. The van der Waals surface area contributed by atoms with Crippen molar-refractivity contribution in [2.75, 3.05) is 12.4 Å². The zero-order valence-corrected chi connectivity index (χ0v) is 22.2. The number of anilines is 1. The molecule has 2 aliphatic carbocycles. The molecule has 0 aliphatic heterocycles. The Hall–Kier alpha value is -3.78. The van der Waals surface area contributed by atoms with Crippen LogP contribution < -0.4 is 16.4 Å². The van der Waals surface area contributed by atoms with Crippen LogP contribution in [0.2, 0.25) is 0 Å². The van der Waals surface area contributed by atoms with E-state index in [-0.39, 0.29) is 11.6 Å². The van der Waals surface area contributed by atoms with Gasteiger partial charge in [-0.25, -0.2) is 9.18 Å². The van der Waals surface area contributed by atoms with Gasteiger partial charge in [0.2, 0.25) is 0 Å². The lowest BCUT2D eigenvalue weighted by Crippen LogP contribution is -2.43. The first-order valence-electron chi connectivity index (χ1n) is 13.6. The molecule has 1 unspecified atom stereocenters. The van der Waals surface area contributed by atoms with Gasteiger partial charge in [-0.1, -0.05) is 54.6 Å². The number of halogens is 1. The van der Waals surface area contributed by atoms with E-state index < -0.39 is 24.1 Å². The molecule has 2 amide bonds. The molecule has 1 aromatic heterocycles. The lowest BCUT2D eigenvalue weighted by molar-refractivity contribution is -0.123. The first-order valence-corrected chi connectivity index (χ1v) is 13.6. The molecule has 0 radical (unpaired) electrons. The number of carbonyl (C=O) groups is 2. The molecule has 1 atom stereocenters. The number of nitrogens with zero attached hydrogens (tertiary/aromatic N) is 1. The van der Waals surface area contributed by atoms with Gasteiger partial charge in [-0.05, 0) is 68.1 Å². The summed E-state index contributed by atoms with van der Waals surface area (Å²) >= 11 is 0. The minimum atomic E-state index is -1.66. The molecule has 0 spiro atoms. The molecule has 2 saturated carbocycles. The standard InChI is InChI=1S/C31H35FN4O3/c1-34-30(38)39-25-14-10-21(11-15-25)27(32)29(37)36-24-18-26(20-6-3-2-4-7-20)28(35-19-24)22-8-12-23(13-9-22)31(33)16-5-17-31/h2-4,6-9,12-13,18-19,21,25,27H,5,10-11,14-17,33H2,1H3,(H,34,38)(H,36,37)/t21-,25-,27?. The third-order valence-electron chi connectivity index (χ3n) is 8.08. The molecule has 8 heteroatoms. The van der Waals surface area contributed by atoms with E-state index in [1.165, 1.54) is 7.05 Å². The summed E-state index contributed by atoms with van der Waals surface area (Å²) in [6.45, 7) is 0. The van der Waals surface area contributed by atoms with Crippen LogP contribution in [0.15, 0.2) is 66.9 Å². The normalized spacial score (nSPS) is 20.8. The van der Waals surface area contributed by atoms with Crippen LogP contribution in [0.1, 0.15) is 50.5 Å². The fraction of sp³-hybridized carbons (Fsp3) is 0.387. The van der Waals surface area contributed by atoms with E-state index in [1.807, 2.05) is 48.5 Å². The highest BCUT2D eigenvalue weighted by atomic mass is 19.1. The molecule has 7 nitrogen and oxygen atoms in total. The lowest BCUT2D eigenvalue weighted by Gasteiger charge is -2.38. The Bertz CT molecular complexity index is 1300. The highest BCUT2D eigenvalue weighted by Gasteiger charge is 2.35. The maximum absolute atomic E-state index is 15.2. The second kappa shape index (κ2) is 11.5. The average Bonchev–Trinajstić information content (AvgIpc) is 2.96. The van der Waals surface area contributed by atoms with Crippen LogP contribution >= 0.6 is 0 Å². The third kappa shape index (κ3) is 5.96. The van der Waals surface area contributed by atoms with E-state index in [2.05, 4.69) is 22.8 Å². The highest BCUT2D eigenvalue weighted by molar-refractivity contribution is 5.95. The number of nitrogens with one attached hydrogen (secondary N) is 2. The summed E-state index contributed by atoms with van der Waals surface area (Å²) in [5.41, 5.74) is 11.3. The zero-order valence-electron chi connectivity index (χ0n) is 22.2. The van der Waals surface area contributed by atoms with E-state index in [0.29, 0.717) is 31.4 Å². The van der Waals surface area contributed by atoms with Crippen molar-refractivity contribution in [2.45, 2.75) is 62.8 Å². The van der Waals surface area contributed by atoms with E-state index in [9.17, 15) is 9.59 Å². The minimum absolute atomic E-state index is 0.234. The van der Waals surface area contributed by atoms with Gasteiger partial charge in [-0.15, -0.1) is 0 Å². The number of rotatable bonds is 7. The Morgan fingerprint density at radius 3 is 2.33 bits per heavy atom. The van der Waals surface area contributed by atoms with Crippen LogP contribution in [0.25, 0.3) is 22.4 Å². The summed E-state index contributed by atoms with van der Waals surface area (Å²) in [6.07, 6.45) is 4.33. The molecular weight excluding hydrogens is 495 g/mol. The van der Waals surface area contributed by atoms with Crippen LogP contribution in [0.3, 0.4) is 0 Å². The average molecular weight is 531 g/mol. The Kier molecular flexibility index (Phi) is 7.93. The largest absolute Gasteiger partial charge is 0.446 e. The fourth-order valence-corrected chi connectivity index (χ4v) is 5.54. The minimum Gasteiger partial charge on any atom is -0.446 e. The number of alkyl halides is 1. The van der Waals surface area contributed by atoms with E-state index >= 15 is 4.39 Å². The number of nitrogens with two attached hydrogens (primary N) is 1. The van der Waals surface area contributed by atoms with Crippen molar-refractivity contribution in [3.63, 3.8) is 0 Å². The van der Waals surface area contributed by atoms with Crippen LogP contribution in [0.5, 0.6) is 0 Å². The van der Waals surface area contributed by atoms with Crippen molar-refractivity contribution in [3.05, 3.63) is 72.4 Å². The zero-order chi connectivity index (χ0) is 27.4. The number of amides is 2. The van der Waals surface area contributed by atoms with Gasteiger partial charge in [0.15, 0.2) is 6.17 Å². The van der Waals surface area contributed by atoms with E-state index in [4.69, 9.17) is 15.5 Å². The van der Waals surface area contributed by atoms with Gasteiger partial charge in [-0.2, -0.15) is 0 Å². The molecule has 5 rings (SSSR count). The summed E-state index contributed by atoms with van der Waals surface area (Å²) in [7, 11) is 1.50. The number of aromatic nitrogens is 1. The first-order chi connectivity index (χ1) is 18.9. The number of carbonyl (C=O) groups excluding carboxylic acids is 2. The summed E-state index contributed by atoms with van der Waals surface area (Å²) < 4.78 is 20.5. The number of hydrogen-bond acceptors (Lipinski definition) is 5. The number of benzene rings is 2. The van der Waals surface area contributed by atoms with Crippen molar-refractivity contribution >= 4 is 17.7 Å². The lowest BCUT2D eigenvalue weighted by atomic mass is 9.72. The molecule has 3 aromatic rings. The van der Waals surface area contributed by atoms with Gasteiger partial charge in [0, 0.05) is 23.7 Å². The van der Waals surface area contributed by atoms with Gasteiger partial charge in [0.1, 0.15) is 6.10 Å². The van der Waals surface area contributed by atoms with E-state index in [1.54, 1.807) is 6.20 Å². The van der Waals surface area contributed by atoms with Crippen molar-refractivity contribution in [1.29, 1.82) is 0 Å². The Morgan fingerprint density at radius 1 is 1.03 bits per heavy atom. The molecule has 4 N–H and O–H groups in total. The summed E-state index contributed by atoms with van der Waals surface area (Å²) in [6, 6.07) is 19.9. The molecule has 1 heterocycles. The smallest absolute Gasteiger partial charge is 0.407 e. The first kappa shape index (κ1) is 26.8. The van der Waals surface area contributed by atoms with Gasteiger partial charge in [0.25, 0.3) is 5.91 Å². The topological polar surface area (TPSA) is 106 Å². The van der Waals surface area contributed by atoms with Crippen LogP contribution in [-0.2, 0) is 15.1 Å². The fourth-order valence-electron chi connectivity index (χ4n) is 5.54. The summed E-state index contributed by atoms with van der Waals surface area (Å²) in [5.74, 6) is -1.10. The van der Waals surface area contributed by atoms with Crippen LogP contribution in [0, 0.1) is 5.92 Å². The number of ether oxygens (including phenoxy) is 1. The van der Waals surface area contributed by atoms with Crippen molar-refractivity contribution in [3.8, 4) is 22.4 Å². The van der Waals surface area contributed by atoms with Crippen LogP contribution in [0.4, 0.5) is 14.9 Å². The Labute approximate surface area is 228 Å². The predicted octanol–water partition coefficient (Wildman–Crippen LogP) is 5.94. The van der Waals surface area contributed by atoms with Gasteiger partial charge in [-0.3, -0.25) is 9.78 Å². The molecule has 39 heavy (non-hydrogen) atoms. The maximum atomic E-state index is 15.2. The Balaban J connectivity index is 1.32. The quantitative estimate of drug-likeness (QED) is 0.350. The third-order valence-corrected chi connectivity index (χ3v) is 8.08. The van der Waals surface area contributed by atoms with Gasteiger partial charge >= 0.3 is 6.09 Å². The number of hydrogen-bond donors (Lipinski definition) is 3. The van der Waals surface area contributed by atoms with Gasteiger partial charge < -0.3 is 21.1 Å². The van der Waals surface area contributed by atoms with Crippen molar-refractivity contribution in [2.24, 2.45) is 11.7 Å². The summed E-state index contributed by atoms with van der Waals surface area (Å²) in [4.78, 5) is 29.0. The second-order valence-corrected chi connectivity index (χ2v) is 10.7. The van der Waals surface area contributed by atoms with Crippen molar-refractivity contribution < 1.29 is 18.7 Å². The molecule has 2 aromatic carbocycles. The SMILES string of the molecule is CNC(=O)O[C@H]1CC[C@H](C(F)C(=O)Nc2cnc(-c3ccc(C4(N)CCC4)cc3)c(-c3ccccc3)c2)CC1. The van der Waals surface area contributed by atoms with Gasteiger partial charge in [0.05, 0.1) is 17.6 Å². The maximum Gasteiger partial charge on any atom is 0.407 e. The molecule has 0 bridgehead atoms. The molecule has 2 fully saturated rings. The summed E-state index contributed by atoms with van der Waals surface area (Å²) in [5, 5.41) is 5.16. The molecule has 0 saturated heterocycles. The number of pyridine rings is 1. The second-order valence-electron chi connectivity index (χ2n) is 10.7. The van der Waals surface area contributed by atoms with Crippen molar-refractivity contribution in [1.82, 2.24) is 10.3 Å². The monoisotopic (exact) mass is 530 g/mol. The Morgan fingerprint density at radius 2 is 1.72 bits per heavy atom. The predicted molar refractivity (Wildman–Crippen MR) is 150 cm³/mol. The molecule has 2 aliphatic rings. The van der Waals surface area contributed by atoms with Crippen LogP contribution in [-0.4, -0.2) is 36.3 Å².